The molecule has 0 unspecified atom stereocenters. The molecule has 0 aliphatic carbocycles. The fourth-order valence-electron chi connectivity index (χ4n) is 2.63. The average molecular weight is 264 g/mol. The lowest BCUT2D eigenvalue weighted by Gasteiger charge is -2.31. The average Bonchev–Trinajstić information content (AvgIpc) is 2.43. The summed E-state index contributed by atoms with van der Waals surface area (Å²) in [5, 5.41) is 0. The van der Waals surface area contributed by atoms with Gasteiger partial charge in [-0.15, -0.1) is 0 Å². The van der Waals surface area contributed by atoms with Gasteiger partial charge in [0.1, 0.15) is 5.75 Å². The van der Waals surface area contributed by atoms with Gasteiger partial charge in [0, 0.05) is 32.0 Å². The lowest BCUT2D eigenvalue weighted by atomic mass is 9.97. The van der Waals surface area contributed by atoms with E-state index in [1.807, 2.05) is 12.1 Å². The van der Waals surface area contributed by atoms with Crippen LogP contribution in [0.3, 0.4) is 0 Å². The molecule has 2 N–H and O–H groups in total. The third kappa shape index (κ3) is 3.85. The van der Waals surface area contributed by atoms with Crippen molar-refractivity contribution in [1.29, 1.82) is 0 Å². The Morgan fingerprint density at radius 1 is 1.26 bits per heavy atom. The second kappa shape index (κ2) is 6.78. The zero-order chi connectivity index (χ0) is 13.7. The summed E-state index contributed by atoms with van der Waals surface area (Å²) in [4.78, 5) is 2.46. The molecule has 0 spiro atoms. The van der Waals surface area contributed by atoms with Crippen molar-refractivity contribution in [2.75, 3.05) is 39.6 Å². The highest BCUT2D eigenvalue weighted by molar-refractivity contribution is 5.51. The first-order valence-corrected chi connectivity index (χ1v) is 6.86. The minimum absolute atomic E-state index is 0.717. The number of nitrogen functional groups attached to an aromatic ring is 1. The number of hydrogen-bond acceptors (Lipinski definition) is 4. The lowest BCUT2D eigenvalue weighted by molar-refractivity contribution is 0.0969. The lowest BCUT2D eigenvalue weighted by Crippen LogP contribution is -2.34. The molecule has 2 rings (SSSR count). The molecule has 1 aliphatic heterocycles. The molecule has 0 radical (unpaired) electrons. The zero-order valence-corrected chi connectivity index (χ0v) is 11.9. The molecule has 1 fully saturated rings. The number of rotatable bonds is 5. The molecule has 19 heavy (non-hydrogen) atoms. The van der Waals surface area contributed by atoms with Crippen molar-refractivity contribution in [2.24, 2.45) is 5.92 Å². The van der Waals surface area contributed by atoms with E-state index in [0.29, 0.717) is 0 Å². The van der Waals surface area contributed by atoms with E-state index in [0.717, 1.165) is 43.6 Å². The molecule has 1 saturated heterocycles. The predicted octanol–water partition coefficient (Wildman–Crippen LogP) is 2.14. The van der Waals surface area contributed by atoms with Crippen molar-refractivity contribution in [2.45, 2.75) is 19.4 Å². The van der Waals surface area contributed by atoms with Crippen molar-refractivity contribution in [3.63, 3.8) is 0 Å². The summed E-state index contributed by atoms with van der Waals surface area (Å²) in [5.41, 5.74) is 8.07. The Bertz CT molecular complexity index is 401. The van der Waals surface area contributed by atoms with E-state index >= 15 is 0 Å². The quantitative estimate of drug-likeness (QED) is 0.828. The van der Waals surface area contributed by atoms with Crippen LogP contribution >= 0.6 is 0 Å². The summed E-state index contributed by atoms with van der Waals surface area (Å²) in [6.45, 7) is 4.06. The van der Waals surface area contributed by atoms with Crippen LogP contribution in [-0.4, -0.2) is 38.8 Å². The maximum atomic E-state index is 6.06. The van der Waals surface area contributed by atoms with Gasteiger partial charge in [-0.05, 0) is 43.5 Å². The van der Waals surface area contributed by atoms with E-state index in [-0.39, 0.29) is 0 Å². The first kappa shape index (κ1) is 14.2. The molecule has 1 aliphatic rings. The predicted molar refractivity (Wildman–Crippen MR) is 77.3 cm³/mol. The number of methoxy groups -OCH3 is 2. The summed E-state index contributed by atoms with van der Waals surface area (Å²) in [7, 11) is 3.44. The number of anilines is 1. The highest BCUT2D eigenvalue weighted by Crippen LogP contribution is 2.24. The van der Waals surface area contributed by atoms with Crippen LogP contribution in [0.2, 0.25) is 0 Å². The van der Waals surface area contributed by atoms with Crippen LogP contribution in [0.5, 0.6) is 5.75 Å². The number of benzene rings is 1. The third-order valence-corrected chi connectivity index (χ3v) is 3.86. The number of nitrogens with zero attached hydrogens (tertiary/aromatic N) is 1. The van der Waals surface area contributed by atoms with Crippen LogP contribution in [0.1, 0.15) is 18.4 Å². The maximum Gasteiger partial charge on any atom is 0.120 e. The van der Waals surface area contributed by atoms with E-state index < -0.39 is 0 Å². The molecule has 4 heteroatoms. The van der Waals surface area contributed by atoms with Gasteiger partial charge in [0.05, 0.1) is 7.11 Å². The molecule has 1 aromatic rings. The van der Waals surface area contributed by atoms with Crippen molar-refractivity contribution in [1.82, 2.24) is 4.90 Å². The van der Waals surface area contributed by atoms with Crippen LogP contribution in [0.4, 0.5) is 5.69 Å². The first-order chi connectivity index (χ1) is 9.22. The molecular weight excluding hydrogens is 240 g/mol. The molecule has 4 nitrogen and oxygen atoms in total. The minimum Gasteiger partial charge on any atom is -0.497 e. The largest absolute Gasteiger partial charge is 0.497 e. The normalized spacial score (nSPS) is 17.6. The Kier molecular flexibility index (Phi) is 5.05. The van der Waals surface area contributed by atoms with Gasteiger partial charge in [-0.2, -0.15) is 0 Å². The van der Waals surface area contributed by atoms with Gasteiger partial charge in [-0.25, -0.2) is 0 Å². The first-order valence-electron chi connectivity index (χ1n) is 6.86. The molecule has 0 atom stereocenters. The molecule has 0 saturated carbocycles. The fourth-order valence-corrected chi connectivity index (χ4v) is 2.63. The van der Waals surface area contributed by atoms with Gasteiger partial charge >= 0.3 is 0 Å². The Labute approximate surface area is 115 Å². The molecule has 0 bridgehead atoms. The summed E-state index contributed by atoms with van der Waals surface area (Å²) in [6.07, 6.45) is 2.42. The smallest absolute Gasteiger partial charge is 0.120 e. The van der Waals surface area contributed by atoms with E-state index in [1.54, 1.807) is 14.2 Å². The molecule has 1 heterocycles. The van der Waals surface area contributed by atoms with E-state index in [9.17, 15) is 0 Å². The number of ether oxygens (including phenoxy) is 2. The van der Waals surface area contributed by atoms with Gasteiger partial charge < -0.3 is 15.2 Å². The highest BCUT2D eigenvalue weighted by Gasteiger charge is 2.19. The Morgan fingerprint density at radius 2 is 2.00 bits per heavy atom. The summed E-state index contributed by atoms with van der Waals surface area (Å²) in [5.74, 6) is 1.54. The van der Waals surface area contributed by atoms with Gasteiger partial charge in [0.2, 0.25) is 0 Å². The topological polar surface area (TPSA) is 47.7 Å². The van der Waals surface area contributed by atoms with Crippen LogP contribution in [0.25, 0.3) is 0 Å². The van der Waals surface area contributed by atoms with Gasteiger partial charge in [-0.3, -0.25) is 4.90 Å². The Balaban J connectivity index is 1.88. The fraction of sp³-hybridized carbons (Fsp3) is 0.600. The number of likely N-dealkylation sites (tertiary alicyclic amines) is 1. The second-order valence-electron chi connectivity index (χ2n) is 5.24. The van der Waals surface area contributed by atoms with Crippen LogP contribution in [0, 0.1) is 5.92 Å². The van der Waals surface area contributed by atoms with Crippen LogP contribution < -0.4 is 10.5 Å². The van der Waals surface area contributed by atoms with Crippen molar-refractivity contribution in [3.05, 3.63) is 23.8 Å². The molecule has 0 aromatic heterocycles. The number of piperidine rings is 1. The maximum absolute atomic E-state index is 6.06. The molecular formula is C15H24N2O2. The van der Waals surface area contributed by atoms with Gasteiger partial charge in [-0.1, -0.05) is 6.07 Å². The van der Waals surface area contributed by atoms with Gasteiger partial charge in [0.25, 0.3) is 0 Å². The number of nitrogens with two attached hydrogens (primary N) is 1. The number of hydrogen-bond donors (Lipinski definition) is 1. The van der Waals surface area contributed by atoms with Crippen LogP contribution in [-0.2, 0) is 11.3 Å². The van der Waals surface area contributed by atoms with E-state index in [1.165, 1.54) is 18.4 Å². The molecule has 106 valence electrons. The Morgan fingerprint density at radius 3 is 2.58 bits per heavy atom. The summed E-state index contributed by atoms with van der Waals surface area (Å²) in [6, 6.07) is 5.94. The van der Waals surface area contributed by atoms with Crippen LogP contribution in [0.15, 0.2) is 18.2 Å². The summed E-state index contributed by atoms with van der Waals surface area (Å²) >= 11 is 0. The standard InChI is InChI=1S/C15H24N2O2/c1-18-11-12-5-7-17(8-6-12)10-13-3-4-14(19-2)9-15(13)16/h3-4,9,12H,5-8,10-11,16H2,1-2H3. The summed E-state index contributed by atoms with van der Waals surface area (Å²) < 4.78 is 10.4. The second-order valence-corrected chi connectivity index (χ2v) is 5.24. The minimum atomic E-state index is 0.717. The van der Waals surface area contributed by atoms with Crippen molar-refractivity contribution in [3.8, 4) is 5.75 Å². The Hall–Kier alpha value is -1.26. The third-order valence-electron chi connectivity index (χ3n) is 3.86. The molecule has 0 amide bonds. The van der Waals surface area contributed by atoms with Crippen molar-refractivity contribution < 1.29 is 9.47 Å². The van der Waals surface area contributed by atoms with E-state index in [4.69, 9.17) is 15.2 Å². The SMILES string of the molecule is COCC1CCN(Cc2ccc(OC)cc2N)CC1. The highest BCUT2D eigenvalue weighted by atomic mass is 16.5. The zero-order valence-electron chi connectivity index (χ0n) is 11.9. The van der Waals surface area contributed by atoms with Crippen molar-refractivity contribution >= 4 is 5.69 Å². The molecule has 1 aromatic carbocycles. The van der Waals surface area contributed by atoms with E-state index in [2.05, 4.69) is 11.0 Å². The monoisotopic (exact) mass is 264 g/mol. The van der Waals surface area contributed by atoms with Gasteiger partial charge in [0.15, 0.2) is 0 Å².